The van der Waals surface area contributed by atoms with E-state index >= 15 is 0 Å². The third kappa shape index (κ3) is 5.85. The summed E-state index contributed by atoms with van der Waals surface area (Å²) in [5.74, 6) is 0.614. The molecule has 0 saturated carbocycles. The molecule has 10 heteroatoms. The van der Waals surface area contributed by atoms with Gasteiger partial charge in [0.05, 0.1) is 26.3 Å². The van der Waals surface area contributed by atoms with Gasteiger partial charge in [-0.05, 0) is 43.8 Å². The normalized spacial score (nSPS) is 31.2. The number of hydrogen-bond donors (Lipinski definition) is 1. The highest BCUT2D eigenvalue weighted by atomic mass is 16.5. The number of allylic oxidation sites excluding steroid dienone is 3. The molecule has 3 heterocycles. The van der Waals surface area contributed by atoms with E-state index in [4.69, 9.17) is 9.47 Å². The zero-order chi connectivity index (χ0) is 26.7. The molecule has 37 heavy (non-hydrogen) atoms. The van der Waals surface area contributed by atoms with E-state index in [1.165, 1.54) is 0 Å². The molecule has 3 aliphatic heterocycles. The van der Waals surface area contributed by atoms with Crippen molar-refractivity contribution in [2.45, 2.75) is 57.8 Å². The van der Waals surface area contributed by atoms with Crippen LogP contribution in [-0.4, -0.2) is 103 Å². The zero-order valence-electron chi connectivity index (χ0n) is 22.5. The van der Waals surface area contributed by atoms with Gasteiger partial charge in [0.15, 0.2) is 0 Å². The van der Waals surface area contributed by atoms with Crippen LogP contribution in [0.5, 0.6) is 0 Å². The van der Waals surface area contributed by atoms with Crippen molar-refractivity contribution in [2.24, 2.45) is 11.3 Å². The molecule has 0 bridgehead atoms. The summed E-state index contributed by atoms with van der Waals surface area (Å²) in [4.78, 5) is 43.9. The minimum atomic E-state index is -0.652. The fourth-order valence-electron chi connectivity index (χ4n) is 5.57. The Balaban J connectivity index is 1.55. The van der Waals surface area contributed by atoms with Gasteiger partial charge in [-0.25, -0.2) is 14.8 Å². The number of ether oxygens (including phenoxy) is 2. The summed E-state index contributed by atoms with van der Waals surface area (Å²) in [6.07, 6.45) is 10.3. The zero-order valence-corrected chi connectivity index (χ0v) is 22.5. The number of nitrogens with zero attached hydrogens (tertiary/aromatic N) is 4. The molecule has 4 rings (SSSR count). The van der Waals surface area contributed by atoms with Crippen molar-refractivity contribution in [3.63, 3.8) is 0 Å². The summed E-state index contributed by atoms with van der Waals surface area (Å²) >= 11 is 0. The maximum atomic E-state index is 13.6. The molecule has 1 N–H and O–H groups in total. The number of hydrazine groups is 1. The van der Waals surface area contributed by atoms with E-state index in [9.17, 15) is 14.4 Å². The molecular weight excluding hydrogens is 474 g/mol. The Kier molecular flexibility index (Phi) is 8.28. The van der Waals surface area contributed by atoms with Gasteiger partial charge in [-0.2, -0.15) is 0 Å². The van der Waals surface area contributed by atoms with Crippen LogP contribution >= 0.6 is 0 Å². The lowest BCUT2D eigenvalue weighted by Gasteiger charge is -2.55. The second-order valence-corrected chi connectivity index (χ2v) is 10.9. The molecule has 3 saturated heterocycles. The summed E-state index contributed by atoms with van der Waals surface area (Å²) in [7, 11) is 3.38. The van der Waals surface area contributed by atoms with Crippen LogP contribution in [0, 0.1) is 11.3 Å². The maximum Gasteiger partial charge on any atom is 0.333 e. The molecule has 10 nitrogen and oxygen atoms in total. The highest BCUT2D eigenvalue weighted by Crippen LogP contribution is 2.31. The Labute approximate surface area is 219 Å². The molecular formula is C27H41N5O5. The number of hydrogen-bond acceptors (Lipinski definition) is 6. The van der Waals surface area contributed by atoms with Crippen molar-refractivity contribution in [3.05, 3.63) is 36.6 Å². The van der Waals surface area contributed by atoms with Crippen LogP contribution in [0.15, 0.2) is 36.6 Å². The van der Waals surface area contributed by atoms with Crippen molar-refractivity contribution < 1.29 is 23.9 Å². The number of fused-ring (bicyclic) bond motifs is 1. The van der Waals surface area contributed by atoms with Crippen LogP contribution in [0.2, 0.25) is 0 Å². The van der Waals surface area contributed by atoms with Gasteiger partial charge in [0.1, 0.15) is 18.0 Å². The Bertz CT molecular complexity index is 961. The Morgan fingerprint density at radius 2 is 2.19 bits per heavy atom. The summed E-state index contributed by atoms with van der Waals surface area (Å²) in [5.41, 5.74) is -0.252. The molecule has 0 aromatic carbocycles. The lowest BCUT2D eigenvalue weighted by atomic mass is 9.83. The number of nitrogens with one attached hydrogen (secondary N) is 1. The Morgan fingerprint density at radius 3 is 2.81 bits per heavy atom. The minimum absolute atomic E-state index is 0.0182. The van der Waals surface area contributed by atoms with E-state index in [1.54, 1.807) is 40.1 Å². The van der Waals surface area contributed by atoms with Crippen molar-refractivity contribution in [1.82, 2.24) is 25.1 Å². The summed E-state index contributed by atoms with van der Waals surface area (Å²) < 4.78 is 11.1. The number of methoxy groups -OCH3 is 1. The average molecular weight is 516 g/mol. The van der Waals surface area contributed by atoms with Crippen molar-refractivity contribution in [3.8, 4) is 0 Å². The van der Waals surface area contributed by atoms with Gasteiger partial charge >= 0.3 is 6.03 Å². The van der Waals surface area contributed by atoms with Gasteiger partial charge in [-0.1, -0.05) is 26.0 Å². The molecule has 204 valence electrons. The summed E-state index contributed by atoms with van der Waals surface area (Å²) in [5, 5.41) is 6.35. The van der Waals surface area contributed by atoms with Crippen molar-refractivity contribution in [1.29, 1.82) is 0 Å². The molecule has 1 aliphatic carbocycles. The lowest BCUT2D eigenvalue weighted by molar-refractivity contribution is -0.188. The highest BCUT2D eigenvalue weighted by molar-refractivity contribution is 5.91. The van der Waals surface area contributed by atoms with E-state index in [0.717, 1.165) is 25.0 Å². The molecule has 3 fully saturated rings. The second-order valence-electron chi connectivity index (χ2n) is 10.9. The lowest BCUT2D eigenvalue weighted by Crippen LogP contribution is -2.76. The molecule has 5 atom stereocenters. The fraction of sp³-hybridized carbons (Fsp3) is 0.667. The van der Waals surface area contributed by atoms with Crippen LogP contribution in [-0.2, 0) is 19.1 Å². The standard InChI is InChI=1S/C27H41N5O5/c1-6-19(2)14-22-25(34)30(15-21-8-7-13-37-21)16-23-31(22)24(33)17-29(4)32(23)26(35)28-18-27(3)11-9-20(36-5)10-12-27/h6,9-11,19,21-23H,1,7-8,12-18H2,2-5H3,(H,28,35)/t19?,21?,22-,23-,27?/m0/s1. The third-order valence-electron chi connectivity index (χ3n) is 7.89. The number of rotatable bonds is 8. The monoisotopic (exact) mass is 515 g/mol. The highest BCUT2D eigenvalue weighted by Gasteiger charge is 2.51. The number of carbonyl (C=O) groups is 3. The van der Waals surface area contributed by atoms with Crippen molar-refractivity contribution >= 4 is 17.8 Å². The topological polar surface area (TPSA) is 94.7 Å². The summed E-state index contributed by atoms with van der Waals surface area (Å²) in [6, 6.07) is -0.941. The molecule has 0 spiro atoms. The van der Waals surface area contributed by atoms with Gasteiger partial charge in [0.25, 0.3) is 0 Å². The molecule has 4 aliphatic rings. The van der Waals surface area contributed by atoms with Gasteiger partial charge in [-0.15, -0.1) is 6.58 Å². The largest absolute Gasteiger partial charge is 0.497 e. The van der Waals surface area contributed by atoms with E-state index < -0.39 is 12.2 Å². The predicted molar refractivity (Wildman–Crippen MR) is 139 cm³/mol. The van der Waals surface area contributed by atoms with E-state index in [1.807, 2.05) is 19.1 Å². The Hall–Kier alpha value is -2.85. The molecule has 4 amide bonds. The molecule has 0 radical (unpaired) electrons. The number of urea groups is 1. The van der Waals surface area contributed by atoms with Crippen molar-refractivity contribution in [2.75, 3.05) is 46.9 Å². The van der Waals surface area contributed by atoms with Crippen LogP contribution < -0.4 is 5.32 Å². The third-order valence-corrected chi connectivity index (χ3v) is 7.89. The van der Waals surface area contributed by atoms with E-state index in [2.05, 4.69) is 24.9 Å². The van der Waals surface area contributed by atoms with Crippen LogP contribution in [0.1, 0.15) is 39.5 Å². The van der Waals surface area contributed by atoms with E-state index in [0.29, 0.717) is 26.1 Å². The van der Waals surface area contributed by atoms with E-state index in [-0.39, 0.29) is 48.4 Å². The first-order valence-corrected chi connectivity index (χ1v) is 13.2. The first-order valence-electron chi connectivity index (χ1n) is 13.2. The van der Waals surface area contributed by atoms with Gasteiger partial charge in [0.2, 0.25) is 11.8 Å². The van der Waals surface area contributed by atoms with Crippen LogP contribution in [0.25, 0.3) is 0 Å². The fourth-order valence-corrected chi connectivity index (χ4v) is 5.57. The predicted octanol–water partition coefficient (Wildman–Crippen LogP) is 2.11. The van der Waals surface area contributed by atoms with Crippen LogP contribution in [0.3, 0.4) is 0 Å². The maximum absolute atomic E-state index is 13.6. The SMILES string of the molecule is C=CC(C)C[C@H]1C(=O)N(CC2CCCO2)C[C@H]2N1C(=O)CN(C)N2C(=O)NCC1(C)C=CC(OC)=CC1. The number of piperazine rings is 1. The molecule has 0 aromatic heterocycles. The number of amides is 4. The molecule has 3 unspecified atom stereocenters. The Morgan fingerprint density at radius 1 is 1.41 bits per heavy atom. The van der Waals surface area contributed by atoms with Gasteiger partial charge in [-0.3, -0.25) is 9.59 Å². The van der Waals surface area contributed by atoms with Gasteiger partial charge < -0.3 is 24.6 Å². The second kappa shape index (κ2) is 11.3. The quantitative estimate of drug-likeness (QED) is 0.498. The number of carbonyl (C=O) groups excluding carboxylic acids is 3. The minimum Gasteiger partial charge on any atom is -0.497 e. The van der Waals surface area contributed by atoms with Crippen LogP contribution in [0.4, 0.5) is 4.79 Å². The number of likely N-dealkylation sites (N-methyl/N-ethyl adjacent to an activating group) is 1. The smallest absolute Gasteiger partial charge is 0.333 e. The summed E-state index contributed by atoms with van der Waals surface area (Å²) in [6.45, 7) is 9.80. The molecule has 0 aromatic rings. The first-order chi connectivity index (χ1) is 17.7. The average Bonchev–Trinajstić information content (AvgIpc) is 3.38. The first kappa shape index (κ1) is 27.2. The van der Waals surface area contributed by atoms with Gasteiger partial charge in [0, 0.05) is 32.2 Å².